The number of primary amides is 2. The van der Waals surface area contributed by atoms with Gasteiger partial charge in [-0.1, -0.05) is 6.58 Å². The molecule has 0 aromatic heterocycles. The maximum atomic E-state index is 9.95. The van der Waals surface area contributed by atoms with Crippen LogP contribution in [0.25, 0.3) is 0 Å². The predicted octanol–water partition coefficient (Wildman–Crippen LogP) is -1.06. The molecule has 0 rings (SSSR count). The summed E-state index contributed by atoms with van der Waals surface area (Å²) in [6.07, 6.45) is 1.22. The zero-order valence-electron chi connectivity index (χ0n) is 5.76. The first kappa shape index (κ1) is 11.3. The van der Waals surface area contributed by atoms with Gasteiger partial charge in [-0.15, -0.1) is 0 Å². The average Bonchev–Trinajstić information content (AvgIpc) is 1.85. The Kier molecular flexibility index (Phi) is 8.45. The lowest BCUT2D eigenvalue weighted by Crippen LogP contribution is -2.18. The molecular formula is C5H11N3O2. The van der Waals surface area contributed by atoms with E-state index >= 15 is 0 Å². The van der Waals surface area contributed by atoms with Gasteiger partial charge < -0.3 is 16.8 Å². The molecule has 0 heterocycles. The first-order chi connectivity index (χ1) is 4.54. The fourth-order valence-electron chi connectivity index (χ4n) is 0.102. The molecule has 0 aliphatic rings. The molecule has 0 bridgehead atoms. The van der Waals surface area contributed by atoms with Crippen LogP contribution >= 0.6 is 0 Å². The first-order valence-electron chi connectivity index (χ1n) is 2.43. The highest BCUT2D eigenvalue weighted by molar-refractivity contribution is 5.86. The second kappa shape index (κ2) is 7.48. The fourth-order valence-corrected chi connectivity index (χ4v) is 0.102. The number of nitrogens with two attached hydrogens (primary N) is 2. The van der Waals surface area contributed by atoms with Gasteiger partial charge in [-0.05, 0) is 6.08 Å². The second-order valence-electron chi connectivity index (χ2n) is 1.22. The molecule has 0 aliphatic heterocycles. The summed E-state index contributed by atoms with van der Waals surface area (Å²) in [5, 5.41) is 2.36. The zero-order valence-corrected chi connectivity index (χ0v) is 5.76. The summed E-state index contributed by atoms with van der Waals surface area (Å²) in [5.74, 6) is -0.144. The first-order valence-corrected chi connectivity index (χ1v) is 2.43. The summed E-state index contributed by atoms with van der Waals surface area (Å²) < 4.78 is 0. The van der Waals surface area contributed by atoms with Crippen LogP contribution in [0.5, 0.6) is 0 Å². The number of hydrogen-bond acceptors (Lipinski definition) is 2. The molecule has 5 nitrogen and oxygen atoms in total. The summed E-state index contributed by atoms with van der Waals surface area (Å²) in [6.45, 7) is 3.22. The van der Waals surface area contributed by atoms with Gasteiger partial charge in [0.25, 0.3) is 0 Å². The Morgan fingerprint density at radius 2 is 1.80 bits per heavy atom. The van der Waals surface area contributed by atoms with Gasteiger partial charge in [0.1, 0.15) is 0 Å². The van der Waals surface area contributed by atoms with E-state index in [9.17, 15) is 4.79 Å². The Hall–Kier alpha value is -1.52. The van der Waals surface area contributed by atoms with Crippen LogP contribution in [-0.2, 0) is 4.79 Å². The number of hydrogen-bond donors (Lipinski definition) is 3. The normalized spacial score (nSPS) is 6.50. The number of likely N-dealkylation sites (N-methyl/N-ethyl adjacent to an activating group) is 1. The smallest absolute Gasteiger partial charge is 0.309 e. The standard InChI is InChI=1S/C4H7NO.CH4N2O/c1-3-4(6)5-2;2-1(3)4/h3H,1H2,2H3,(H,5,6);(H4,2,3,4). The van der Waals surface area contributed by atoms with Gasteiger partial charge in [-0.3, -0.25) is 4.79 Å². The van der Waals surface area contributed by atoms with E-state index in [1.54, 1.807) is 7.05 Å². The van der Waals surface area contributed by atoms with Crippen LogP contribution in [0, 0.1) is 0 Å². The van der Waals surface area contributed by atoms with Crippen molar-refractivity contribution in [1.82, 2.24) is 5.32 Å². The van der Waals surface area contributed by atoms with E-state index in [1.165, 1.54) is 6.08 Å². The number of carbonyl (C=O) groups is 2. The highest BCUT2D eigenvalue weighted by Gasteiger charge is 1.78. The average molecular weight is 145 g/mol. The van der Waals surface area contributed by atoms with E-state index in [-0.39, 0.29) is 5.91 Å². The Balaban J connectivity index is 0. The summed E-state index contributed by atoms with van der Waals surface area (Å²) >= 11 is 0. The number of nitrogens with one attached hydrogen (secondary N) is 1. The minimum absolute atomic E-state index is 0.144. The number of urea groups is 1. The third-order valence-electron chi connectivity index (χ3n) is 0.432. The van der Waals surface area contributed by atoms with Crippen molar-refractivity contribution < 1.29 is 9.59 Å². The van der Waals surface area contributed by atoms with E-state index in [0.29, 0.717) is 0 Å². The van der Waals surface area contributed by atoms with Gasteiger partial charge in [0.15, 0.2) is 0 Å². The van der Waals surface area contributed by atoms with Gasteiger partial charge in [-0.2, -0.15) is 0 Å². The highest BCUT2D eigenvalue weighted by Crippen LogP contribution is 1.56. The van der Waals surface area contributed by atoms with Crippen molar-refractivity contribution in [1.29, 1.82) is 0 Å². The summed E-state index contributed by atoms with van der Waals surface area (Å²) in [5.41, 5.74) is 8.50. The van der Waals surface area contributed by atoms with Crippen molar-refractivity contribution in [3.05, 3.63) is 12.7 Å². The molecule has 5 heteroatoms. The van der Waals surface area contributed by atoms with Crippen LogP contribution < -0.4 is 16.8 Å². The SMILES string of the molecule is C=CC(=O)NC.NC(N)=O. The van der Waals surface area contributed by atoms with E-state index in [2.05, 4.69) is 23.4 Å². The minimum atomic E-state index is -0.833. The molecular weight excluding hydrogens is 134 g/mol. The summed E-state index contributed by atoms with van der Waals surface area (Å²) in [6, 6.07) is -0.833. The Labute approximate surface area is 59.1 Å². The van der Waals surface area contributed by atoms with Crippen molar-refractivity contribution in [2.75, 3.05) is 7.05 Å². The third kappa shape index (κ3) is 31.6. The maximum absolute atomic E-state index is 9.95. The quantitative estimate of drug-likeness (QED) is 0.410. The fraction of sp³-hybridized carbons (Fsp3) is 0.200. The topological polar surface area (TPSA) is 98.2 Å². The van der Waals surface area contributed by atoms with Crippen molar-refractivity contribution in [3.63, 3.8) is 0 Å². The van der Waals surface area contributed by atoms with Crippen LogP contribution in [0.1, 0.15) is 0 Å². The lowest BCUT2D eigenvalue weighted by atomic mass is 10.6. The monoisotopic (exact) mass is 145 g/mol. The number of carbonyl (C=O) groups excluding carboxylic acids is 2. The van der Waals surface area contributed by atoms with Crippen molar-refractivity contribution in [3.8, 4) is 0 Å². The Bertz CT molecular complexity index is 129. The number of amides is 3. The molecule has 0 fully saturated rings. The van der Waals surface area contributed by atoms with Crippen LogP contribution in [0.2, 0.25) is 0 Å². The van der Waals surface area contributed by atoms with Crippen LogP contribution in [0.3, 0.4) is 0 Å². The van der Waals surface area contributed by atoms with E-state index < -0.39 is 6.03 Å². The highest BCUT2D eigenvalue weighted by atomic mass is 16.2. The molecule has 0 radical (unpaired) electrons. The molecule has 3 amide bonds. The van der Waals surface area contributed by atoms with Crippen molar-refractivity contribution in [2.45, 2.75) is 0 Å². The molecule has 0 unspecified atom stereocenters. The van der Waals surface area contributed by atoms with Crippen LogP contribution in [0.15, 0.2) is 12.7 Å². The molecule has 0 aromatic rings. The summed E-state index contributed by atoms with van der Waals surface area (Å²) in [7, 11) is 1.56. The maximum Gasteiger partial charge on any atom is 0.309 e. The van der Waals surface area contributed by atoms with Gasteiger partial charge in [0.2, 0.25) is 5.91 Å². The van der Waals surface area contributed by atoms with E-state index in [1.807, 2.05) is 0 Å². The molecule has 0 atom stereocenters. The molecule has 0 aromatic carbocycles. The van der Waals surface area contributed by atoms with Crippen molar-refractivity contribution in [2.24, 2.45) is 11.5 Å². The molecule has 10 heavy (non-hydrogen) atoms. The minimum Gasteiger partial charge on any atom is -0.356 e. The lowest BCUT2D eigenvalue weighted by Gasteiger charge is -1.82. The van der Waals surface area contributed by atoms with Gasteiger partial charge in [-0.25, -0.2) is 4.79 Å². The van der Waals surface area contributed by atoms with Gasteiger partial charge >= 0.3 is 6.03 Å². The van der Waals surface area contributed by atoms with Crippen molar-refractivity contribution >= 4 is 11.9 Å². The number of rotatable bonds is 1. The molecule has 5 N–H and O–H groups in total. The Morgan fingerprint density at radius 3 is 1.80 bits per heavy atom. The molecule has 0 aliphatic carbocycles. The van der Waals surface area contributed by atoms with Gasteiger partial charge in [0, 0.05) is 7.05 Å². The van der Waals surface area contributed by atoms with E-state index in [4.69, 9.17) is 4.79 Å². The molecule has 0 saturated carbocycles. The lowest BCUT2D eigenvalue weighted by molar-refractivity contribution is -0.116. The van der Waals surface area contributed by atoms with Crippen LogP contribution in [0.4, 0.5) is 4.79 Å². The second-order valence-corrected chi connectivity index (χ2v) is 1.22. The predicted molar refractivity (Wildman–Crippen MR) is 38.0 cm³/mol. The third-order valence-corrected chi connectivity index (χ3v) is 0.432. The van der Waals surface area contributed by atoms with Crippen LogP contribution in [-0.4, -0.2) is 19.0 Å². The molecule has 58 valence electrons. The zero-order chi connectivity index (χ0) is 8.57. The summed E-state index contributed by atoms with van der Waals surface area (Å²) in [4.78, 5) is 19.0. The Morgan fingerprint density at radius 1 is 1.50 bits per heavy atom. The largest absolute Gasteiger partial charge is 0.356 e. The van der Waals surface area contributed by atoms with Gasteiger partial charge in [0.05, 0.1) is 0 Å². The molecule has 0 spiro atoms. The molecule has 0 saturated heterocycles. The van der Waals surface area contributed by atoms with E-state index in [0.717, 1.165) is 0 Å².